The van der Waals surface area contributed by atoms with E-state index in [0.29, 0.717) is 29.6 Å². The molecule has 0 spiro atoms. The molecular weight excluding hydrogens is 429 g/mol. The maximum atomic E-state index is 12.9. The lowest BCUT2D eigenvalue weighted by Gasteiger charge is -2.12. The first-order chi connectivity index (χ1) is 15.9. The summed E-state index contributed by atoms with van der Waals surface area (Å²) in [6.45, 7) is 0.390. The lowest BCUT2D eigenvalue weighted by atomic mass is 10.1. The number of aromatic nitrogens is 5. The van der Waals surface area contributed by atoms with E-state index in [2.05, 4.69) is 20.3 Å². The SMILES string of the molecule is FC(F)(F)c1ccc(Nc2cc(-c3ccc4cccnc4c3)nc(Cn3ccnc3)n2)cc1. The van der Waals surface area contributed by atoms with Crippen molar-refractivity contribution in [3.05, 3.63) is 97.0 Å². The van der Waals surface area contributed by atoms with Crippen molar-refractivity contribution >= 4 is 22.4 Å². The summed E-state index contributed by atoms with van der Waals surface area (Å²) in [5, 5.41) is 4.10. The summed E-state index contributed by atoms with van der Waals surface area (Å²) in [6.07, 6.45) is 2.48. The molecule has 0 aliphatic carbocycles. The molecule has 3 aromatic heterocycles. The number of hydrogen-bond donors (Lipinski definition) is 1. The van der Waals surface area contributed by atoms with Crippen LogP contribution in [0, 0.1) is 0 Å². The maximum Gasteiger partial charge on any atom is 0.416 e. The number of fused-ring (bicyclic) bond motifs is 1. The highest BCUT2D eigenvalue weighted by molar-refractivity contribution is 5.83. The van der Waals surface area contributed by atoms with Gasteiger partial charge in [0.15, 0.2) is 5.82 Å². The van der Waals surface area contributed by atoms with E-state index in [1.165, 1.54) is 12.1 Å². The Hall–Kier alpha value is -4.27. The van der Waals surface area contributed by atoms with Crippen LogP contribution < -0.4 is 5.32 Å². The summed E-state index contributed by atoms with van der Waals surface area (Å²) in [5.41, 5.74) is 2.14. The topological polar surface area (TPSA) is 68.5 Å². The minimum Gasteiger partial charge on any atom is -0.340 e. The molecule has 5 rings (SSSR count). The predicted molar refractivity (Wildman–Crippen MR) is 119 cm³/mol. The lowest BCUT2D eigenvalue weighted by molar-refractivity contribution is -0.137. The van der Waals surface area contributed by atoms with Gasteiger partial charge in [-0.2, -0.15) is 13.2 Å². The van der Waals surface area contributed by atoms with Gasteiger partial charge < -0.3 is 9.88 Å². The predicted octanol–water partition coefficient (Wildman–Crippen LogP) is 5.70. The summed E-state index contributed by atoms with van der Waals surface area (Å²) in [4.78, 5) is 17.7. The number of rotatable bonds is 5. The first-order valence-corrected chi connectivity index (χ1v) is 10.1. The number of anilines is 2. The second-order valence-electron chi connectivity index (χ2n) is 7.40. The molecule has 0 bridgehead atoms. The molecule has 0 aliphatic heterocycles. The highest BCUT2D eigenvalue weighted by Crippen LogP contribution is 2.31. The fourth-order valence-electron chi connectivity index (χ4n) is 3.44. The van der Waals surface area contributed by atoms with Crippen LogP contribution in [0.5, 0.6) is 0 Å². The zero-order chi connectivity index (χ0) is 22.8. The third kappa shape index (κ3) is 4.67. The molecule has 5 aromatic rings. The molecule has 164 valence electrons. The van der Waals surface area contributed by atoms with Crippen molar-refractivity contribution in [2.75, 3.05) is 5.32 Å². The normalized spacial score (nSPS) is 11.6. The zero-order valence-electron chi connectivity index (χ0n) is 17.2. The summed E-state index contributed by atoms with van der Waals surface area (Å²) < 4.78 is 40.5. The molecule has 0 saturated carbocycles. The minimum absolute atomic E-state index is 0.390. The Bertz CT molecular complexity index is 1400. The molecule has 0 saturated heterocycles. The van der Waals surface area contributed by atoms with Crippen LogP contribution in [-0.2, 0) is 12.7 Å². The van der Waals surface area contributed by atoms with Gasteiger partial charge in [0.25, 0.3) is 0 Å². The van der Waals surface area contributed by atoms with Crippen LogP contribution in [0.15, 0.2) is 85.6 Å². The molecule has 0 aliphatic rings. The molecule has 0 fully saturated rings. The van der Waals surface area contributed by atoms with Gasteiger partial charge in [0.05, 0.1) is 29.6 Å². The van der Waals surface area contributed by atoms with Crippen LogP contribution in [0.1, 0.15) is 11.4 Å². The Morgan fingerprint density at radius 3 is 2.52 bits per heavy atom. The van der Waals surface area contributed by atoms with E-state index in [4.69, 9.17) is 4.98 Å². The van der Waals surface area contributed by atoms with E-state index in [1.54, 1.807) is 31.0 Å². The number of pyridine rings is 1. The fourth-order valence-corrected chi connectivity index (χ4v) is 3.44. The lowest BCUT2D eigenvalue weighted by Crippen LogP contribution is -2.07. The van der Waals surface area contributed by atoms with Gasteiger partial charge >= 0.3 is 6.18 Å². The average molecular weight is 446 g/mol. The number of nitrogens with one attached hydrogen (secondary N) is 1. The van der Waals surface area contributed by atoms with Crippen molar-refractivity contribution in [1.82, 2.24) is 24.5 Å². The Balaban J connectivity index is 1.52. The molecule has 0 radical (unpaired) electrons. The Kier molecular flexibility index (Phi) is 5.21. The minimum atomic E-state index is -4.39. The Labute approximate surface area is 186 Å². The third-order valence-corrected chi connectivity index (χ3v) is 5.04. The van der Waals surface area contributed by atoms with E-state index in [-0.39, 0.29) is 0 Å². The molecule has 6 nitrogen and oxygen atoms in total. The van der Waals surface area contributed by atoms with Gasteiger partial charge in [-0.3, -0.25) is 4.98 Å². The van der Waals surface area contributed by atoms with E-state index < -0.39 is 11.7 Å². The molecule has 1 N–H and O–H groups in total. The van der Waals surface area contributed by atoms with Gasteiger partial charge in [-0.05, 0) is 36.4 Å². The molecule has 3 heterocycles. The van der Waals surface area contributed by atoms with E-state index in [1.807, 2.05) is 34.9 Å². The smallest absolute Gasteiger partial charge is 0.340 e. The van der Waals surface area contributed by atoms with Crippen LogP contribution in [0.3, 0.4) is 0 Å². The first-order valence-electron chi connectivity index (χ1n) is 10.1. The van der Waals surface area contributed by atoms with Gasteiger partial charge in [0.1, 0.15) is 5.82 Å². The molecule has 0 amide bonds. The van der Waals surface area contributed by atoms with Crippen molar-refractivity contribution < 1.29 is 13.2 Å². The highest BCUT2D eigenvalue weighted by Gasteiger charge is 2.29. The number of imidazole rings is 1. The third-order valence-electron chi connectivity index (χ3n) is 5.04. The van der Waals surface area contributed by atoms with Crippen molar-refractivity contribution in [2.45, 2.75) is 12.7 Å². The molecule has 0 atom stereocenters. The number of alkyl halides is 3. The van der Waals surface area contributed by atoms with Gasteiger partial charge in [-0.1, -0.05) is 18.2 Å². The second kappa shape index (κ2) is 8.34. The van der Waals surface area contributed by atoms with Crippen molar-refractivity contribution in [3.8, 4) is 11.3 Å². The quantitative estimate of drug-likeness (QED) is 0.375. The van der Waals surface area contributed by atoms with Crippen LogP contribution in [0.4, 0.5) is 24.7 Å². The van der Waals surface area contributed by atoms with Crippen LogP contribution in [0.2, 0.25) is 0 Å². The number of hydrogen-bond acceptors (Lipinski definition) is 5. The molecule has 33 heavy (non-hydrogen) atoms. The average Bonchev–Trinajstić information content (AvgIpc) is 3.31. The summed E-state index contributed by atoms with van der Waals surface area (Å²) in [6, 6.07) is 16.3. The second-order valence-corrected chi connectivity index (χ2v) is 7.40. The molecular formula is C24H17F3N6. The summed E-state index contributed by atoms with van der Waals surface area (Å²) >= 11 is 0. The summed E-state index contributed by atoms with van der Waals surface area (Å²) in [7, 11) is 0. The Morgan fingerprint density at radius 2 is 1.76 bits per heavy atom. The van der Waals surface area contributed by atoms with E-state index >= 15 is 0 Å². The zero-order valence-corrected chi connectivity index (χ0v) is 17.2. The standard InChI is InChI=1S/C24H17F3N6/c25-24(26,27)18-5-7-19(8-6-18)30-22-13-21(31-23(32-22)14-33-11-10-28-15-33)17-4-3-16-2-1-9-29-20(16)12-17/h1-13,15H,14H2,(H,30,31,32). The van der Waals surface area contributed by atoms with Crippen LogP contribution in [0.25, 0.3) is 22.2 Å². The van der Waals surface area contributed by atoms with Crippen LogP contribution in [-0.4, -0.2) is 24.5 Å². The molecule has 2 aromatic carbocycles. The number of nitrogens with zero attached hydrogens (tertiary/aromatic N) is 5. The van der Waals surface area contributed by atoms with E-state index in [9.17, 15) is 13.2 Å². The highest BCUT2D eigenvalue weighted by atomic mass is 19.4. The van der Waals surface area contributed by atoms with Gasteiger partial charge in [-0.15, -0.1) is 0 Å². The Morgan fingerprint density at radius 1 is 0.909 bits per heavy atom. The largest absolute Gasteiger partial charge is 0.416 e. The van der Waals surface area contributed by atoms with Crippen molar-refractivity contribution in [3.63, 3.8) is 0 Å². The van der Waals surface area contributed by atoms with Gasteiger partial charge in [-0.25, -0.2) is 15.0 Å². The monoisotopic (exact) mass is 446 g/mol. The number of halogens is 3. The fraction of sp³-hybridized carbons (Fsp3) is 0.0833. The van der Waals surface area contributed by atoms with Gasteiger partial charge in [0, 0.05) is 41.3 Å². The maximum absolute atomic E-state index is 12.9. The van der Waals surface area contributed by atoms with Gasteiger partial charge in [0.2, 0.25) is 0 Å². The molecule has 9 heteroatoms. The first kappa shape index (κ1) is 20.6. The summed E-state index contributed by atoms with van der Waals surface area (Å²) in [5.74, 6) is 0.997. The van der Waals surface area contributed by atoms with E-state index in [0.717, 1.165) is 28.6 Å². The number of benzene rings is 2. The van der Waals surface area contributed by atoms with Crippen molar-refractivity contribution in [1.29, 1.82) is 0 Å². The van der Waals surface area contributed by atoms with Crippen molar-refractivity contribution in [2.24, 2.45) is 0 Å². The molecule has 0 unspecified atom stereocenters. The van der Waals surface area contributed by atoms with Crippen LogP contribution >= 0.6 is 0 Å².